The lowest BCUT2D eigenvalue weighted by Gasteiger charge is -2.32. The topological polar surface area (TPSA) is 92.8 Å². The van der Waals surface area contributed by atoms with E-state index in [-0.39, 0.29) is 22.7 Å². The van der Waals surface area contributed by atoms with E-state index >= 15 is 0 Å². The normalized spacial score (nSPS) is 17.0. The van der Waals surface area contributed by atoms with Gasteiger partial charge in [-0.1, -0.05) is 11.6 Å². The van der Waals surface area contributed by atoms with Gasteiger partial charge in [0.25, 0.3) is 0 Å². The Balaban J connectivity index is 1.93. The number of likely N-dealkylation sites (tertiary alicyclic amines) is 1. The fourth-order valence-corrected chi connectivity index (χ4v) is 4.16. The second-order valence-corrected chi connectivity index (χ2v) is 8.30. The van der Waals surface area contributed by atoms with Crippen molar-refractivity contribution in [3.8, 4) is 0 Å². The summed E-state index contributed by atoms with van der Waals surface area (Å²) in [4.78, 5) is 25.9. The number of halogens is 1. The highest BCUT2D eigenvalue weighted by Crippen LogP contribution is 2.20. The number of piperidine rings is 1. The number of sulfonamides is 1. The standard InChI is InChI=1S/C17H23ClN2O5S/c1-3-25-17(22)13-8-10-20(11-9-13)16(21)12(2)19-26(23,24)15-6-4-14(18)5-7-15/h4-7,12-13,19H,3,8-11H2,1-2H3/t12-/m1/s1. The van der Waals surface area contributed by atoms with Crippen LogP contribution >= 0.6 is 11.6 Å². The van der Waals surface area contributed by atoms with E-state index in [9.17, 15) is 18.0 Å². The van der Waals surface area contributed by atoms with Gasteiger partial charge in [-0.3, -0.25) is 9.59 Å². The predicted molar refractivity (Wildman–Crippen MR) is 97.2 cm³/mol. The zero-order valence-electron chi connectivity index (χ0n) is 14.8. The molecule has 0 spiro atoms. The first-order valence-electron chi connectivity index (χ1n) is 8.48. The van der Waals surface area contributed by atoms with Crippen LogP contribution in [-0.4, -0.2) is 50.9 Å². The maximum atomic E-state index is 12.5. The first-order valence-corrected chi connectivity index (χ1v) is 10.3. The number of amides is 1. The van der Waals surface area contributed by atoms with Gasteiger partial charge in [-0.2, -0.15) is 4.72 Å². The number of hydrogen-bond acceptors (Lipinski definition) is 5. The van der Waals surface area contributed by atoms with Crippen molar-refractivity contribution in [3.05, 3.63) is 29.3 Å². The number of nitrogens with zero attached hydrogens (tertiary/aromatic N) is 1. The minimum atomic E-state index is -3.82. The Morgan fingerprint density at radius 2 is 1.85 bits per heavy atom. The molecule has 26 heavy (non-hydrogen) atoms. The molecule has 0 unspecified atom stereocenters. The second-order valence-electron chi connectivity index (χ2n) is 6.15. The van der Waals surface area contributed by atoms with Crippen molar-refractivity contribution in [1.29, 1.82) is 0 Å². The average molecular weight is 403 g/mol. The van der Waals surface area contributed by atoms with Crippen molar-refractivity contribution in [1.82, 2.24) is 9.62 Å². The SMILES string of the molecule is CCOC(=O)C1CCN(C(=O)[C@@H](C)NS(=O)(=O)c2ccc(Cl)cc2)CC1. The molecular weight excluding hydrogens is 380 g/mol. The number of rotatable bonds is 6. The molecule has 0 bridgehead atoms. The molecule has 0 saturated carbocycles. The summed E-state index contributed by atoms with van der Waals surface area (Å²) in [6.07, 6.45) is 1.03. The Hall–Kier alpha value is -1.64. The Morgan fingerprint density at radius 1 is 1.27 bits per heavy atom. The van der Waals surface area contributed by atoms with Crippen LogP contribution in [0.25, 0.3) is 0 Å². The van der Waals surface area contributed by atoms with Crippen molar-refractivity contribution >= 4 is 33.5 Å². The minimum Gasteiger partial charge on any atom is -0.466 e. The van der Waals surface area contributed by atoms with Crippen LogP contribution in [0.4, 0.5) is 0 Å². The third kappa shape index (κ3) is 5.18. The maximum Gasteiger partial charge on any atom is 0.309 e. The van der Waals surface area contributed by atoms with Crippen molar-refractivity contribution < 1.29 is 22.7 Å². The summed E-state index contributed by atoms with van der Waals surface area (Å²) in [5.74, 6) is -0.763. The summed E-state index contributed by atoms with van der Waals surface area (Å²) in [5, 5.41) is 0.428. The van der Waals surface area contributed by atoms with E-state index in [4.69, 9.17) is 16.3 Å². The Labute approximate surface area is 158 Å². The zero-order chi connectivity index (χ0) is 19.3. The molecule has 0 aliphatic carbocycles. The van der Waals surface area contributed by atoms with E-state index in [0.717, 1.165) is 0 Å². The maximum absolute atomic E-state index is 12.5. The molecule has 0 aromatic heterocycles. The smallest absolute Gasteiger partial charge is 0.309 e. The van der Waals surface area contributed by atoms with Gasteiger partial charge in [0, 0.05) is 18.1 Å². The van der Waals surface area contributed by atoms with Gasteiger partial charge in [-0.25, -0.2) is 8.42 Å². The fourth-order valence-electron chi connectivity index (χ4n) is 2.83. The minimum absolute atomic E-state index is 0.0440. The number of esters is 1. The third-order valence-electron chi connectivity index (χ3n) is 4.25. The molecule has 144 valence electrons. The van der Waals surface area contributed by atoms with Gasteiger partial charge in [0.2, 0.25) is 15.9 Å². The summed E-state index contributed by atoms with van der Waals surface area (Å²) in [6.45, 7) is 4.39. The van der Waals surface area contributed by atoms with Crippen LogP contribution in [0.1, 0.15) is 26.7 Å². The van der Waals surface area contributed by atoms with E-state index in [2.05, 4.69) is 4.72 Å². The molecule has 1 amide bonds. The molecule has 1 heterocycles. The monoisotopic (exact) mass is 402 g/mol. The van der Waals surface area contributed by atoms with Crippen LogP contribution in [0.3, 0.4) is 0 Å². The number of hydrogen-bond donors (Lipinski definition) is 1. The van der Waals surface area contributed by atoms with Gasteiger partial charge in [-0.15, -0.1) is 0 Å². The summed E-state index contributed by atoms with van der Waals surface area (Å²) in [5.41, 5.74) is 0. The highest BCUT2D eigenvalue weighted by atomic mass is 35.5. The fraction of sp³-hybridized carbons (Fsp3) is 0.529. The van der Waals surface area contributed by atoms with E-state index in [1.165, 1.54) is 31.2 Å². The quantitative estimate of drug-likeness (QED) is 0.732. The molecule has 1 N–H and O–H groups in total. The highest BCUT2D eigenvalue weighted by molar-refractivity contribution is 7.89. The molecule has 1 atom stereocenters. The van der Waals surface area contributed by atoms with Crippen LogP contribution in [0, 0.1) is 5.92 Å². The molecule has 0 radical (unpaired) electrons. The van der Waals surface area contributed by atoms with Crippen LogP contribution < -0.4 is 4.72 Å². The Kier molecular flexibility index (Phi) is 7.02. The van der Waals surface area contributed by atoms with Crippen LogP contribution in [0.5, 0.6) is 0 Å². The van der Waals surface area contributed by atoms with E-state index in [1.807, 2.05) is 0 Å². The lowest BCUT2D eigenvalue weighted by Crippen LogP contribution is -2.49. The lowest BCUT2D eigenvalue weighted by atomic mass is 9.96. The van der Waals surface area contributed by atoms with Crippen molar-refractivity contribution in [2.24, 2.45) is 5.92 Å². The second kappa shape index (κ2) is 8.83. The zero-order valence-corrected chi connectivity index (χ0v) is 16.3. The molecule has 1 aliphatic heterocycles. The van der Waals surface area contributed by atoms with E-state index in [0.29, 0.717) is 37.6 Å². The van der Waals surface area contributed by atoms with Crippen molar-refractivity contribution in [2.45, 2.75) is 37.6 Å². The molecular formula is C17H23ClN2O5S. The van der Waals surface area contributed by atoms with E-state index < -0.39 is 16.1 Å². The third-order valence-corrected chi connectivity index (χ3v) is 6.06. The number of nitrogens with one attached hydrogen (secondary N) is 1. The van der Waals surface area contributed by atoms with Crippen LogP contribution in [0.15, 0.2) is 29.2 Å². The molecule has 1 aliphatic rings. The average Bonchev–Trinajstić information content (AvgIpc) is 2.61. The molecule has 7 nitrogen and oxygen atoms in total. The molecule has 1 saturated heterocycles. The largest absolute Gasteiger partial charge is 0.466 e. The first kappa shape index (κ1) is 20.7. The van der Waals surface area contributed by atoms with Crippen LogP contribution in [0.2, 0.25) is 5.02 Å². The van der Waals surface area contributed by atoms with Gasteiger partial charge in [0.05, 0.1) is 23.5 Å². The highest BCUT2D eigenvalue weighted by Gasteiger charge is 2.31. The van der Waals surface area contributed by atoms with Crippen LogP contribution in [-0.2, 0) is 24.3 Å². The molecule has 9 heteroatoms. The molecule has 1 aromatic carbocycles. The van der Waals surface area contributed by atoms with E-state index in [1.54, 1.807) is 11.8 Å². The number of benzene rings is 1. The van der Waals surface area contributed by atoms with Crippen molar-refractivity contribution in [2.75, 3.05) is 19.7 Å². The van der Waals surface area contributed by atoms with Crippen molar-refractivity contribution in [3.63, 3.8) is 0 Å². The summed E-state index contributed by atoms with van der Waals surface area (Å²) < 4.78 is 32.1. The van der Waals surface area contributed by atoms with Gasteiger partial charge >= 0.3 is 5.97 Å². The van der Waals surface area contributed by atoms with Gasteiger partial charge in [-0.05, 0) is 51.0 Å². The number of ether oxygens (including phenoxy) is 1. The molecule has 1 aromatic rings. The molecule has 1 fully saturated rings. The van der Waals surface area contributed by atoms with Gasteiger partial charge < -0.3 is 9.64 Å². The Morgan fingerprint density at radius 3 is 2.38 bits per heavy atom. The number of carbonyl (C=O) groups excluding carboxylic acids is 2. The summed E-state index contributed by atoms with van der Waals surface area (Å²) >= 11 is 5.76. The first-order chi connectivity index (χ1) is 12.2. The predicted octanol–water partition coefficient (Wildman–Crippen LogP) is 1.81. The summed E-state index contributed by atoms with van der Waals surface area (Å²) in [6, 6.07) is 4.81. The Bertz CT molecular complexity index is 743. The van der Waals surface area contributed by atoms with Gasteiger partial charge in [0.1, 0.15) is 0 Å². The lowest BCUT2D eigenvalue weighted by molar-refractivity contribution is -0.151. The summed E-state index contributed by atoms with van der Waals surface area (Å²) in [7, 11) is -3.82. The molecule has 2 rings (SSSR count). The van der Waals surface area contributed by atoms with Gasteiger partial charge in [0.15, 0.2) is 0 Å². The number of carbonyl (C=O) groups is 2.